The number of benzene rings is 2. The fraction of sp³-hybridized carbons (Fsp3) is 0.296. The van der Waals surface area contributed by atoms with Gasteiger partial charge in [0.1, 0.15) is 29.2 Å². The Morgan fingerprint density at radius 1 is 0.971 bits per heavy atom. The molecule has 0 bridgehead atoms. The number of nitrogens with zero attached hydrogens (tertiary/aromatic N) is 6. The van der Waals surface area contributed by atoms with Crippen LogP contribution in [0.4, 0.5) is 5.82 Å². The van der Waals surface area contributed by atoms with Crippen LogP contribution in [0.3, 0.4) is 0 Å². The molecule has 0 radical (unpaired) electrons. The van der Waals surface area contributed by atoms with Gasteiger partial charge in [0.2, 0.25) is 0 Å². The Bertz CT molecular complexity index is 1280. The van der Waals surface area contributed by atoms with Gasteiger partial charge in [0.25, 0.3) is 0 Å². The Kier molecular flexibility index (Phi) is 6.41. The summed E-state index contributed by atoms with van der Waals surface area (Å²) < 4.78 is 7.62. The largest absolute Gasteiger partial charge is 0.494 e. The maximum absolute atomic E-state index is 9.73. The van der Waals surface area contributed by atoms with Gasteiger partial charge in [-0.1, -0.05) is 30.3 Å². The van der Waals surface area contributed by atoms with Gasteiger partial charge in [0, 0.05) is 44.6 Å². The third-order valence-corrected chi connectivity index (χ3v) is 6.33. The number of ether oxygens (including phenoxy) is 1. The maximum Gasteiger partial charge on any atom is 0.157 e. The smallest absolute Gasteiger partial charge is 0.157 e. The minimum atomic E-state index is 0.550. The molecule has 2 aromatic heterocycles. The minimum absolute atomic E-state index is 0.550. The predicted molar refractivity (Wildman–Crippen MR) is 134 cm³/mol. The molecule has 0 aliphatic carbocycles. The van der Waals surface area contributed by atoms with Gasteiger partial charge in [-0.2, -0.15) is 5.26 Å². The van der Waals surface area contributed by atoms with E-state index in [0.29, 0.717) is 17.7 Å². The van der Waals surface area contributed by atoms with Crippen LogP contribution < -0.4 is 9.64 Å². The van der Waals surface area contributed by atoms with E-state index in [9.17, 15) is 5.26 Å². The molecule has 3 heterocycles. The molecule has 0 saturated carbocycles. The second-order valence-corrected chi connectivity index (χ2v) is 8.41. The quantitative estimate of drug-likeness (QED) is 0.421. The van der Waals surface area contributed by atoms with Crippen molar-refractivity contribution >= 4 is 16.9 Å². The van der Waals surface area contributed by atoms with Gasteiger partial charge >= 0.3 is 0 Å². The molecule has 1 saturated heterocycles. The second-order valence-electron chi connectivity index (χ2n) is 8.41. The van der Waals surface area contributed by atoms with Crippen molar-refractivity contribution in [3.8, 4) is 17.5 Å². The van der Waals surface area contributed by atoms with E-state index in [1.54, 1.807) is 6.33 Å². The lowest BCUT2D eigenvalue weighted by Gasteiger charge is -2.35. The Balaban J connectivity index is 1.38. The van der Waals surface area contributed by atoms with E-state index in [2.05, 4.69) is 56.2 Å². The number of fused-ring (bicyclic) bond motifs is 1. The van der Waals surface area contributed by atoms with E-state index in [0.717, 1.165) is 61.9 Å². The normalized spacial score (nSPS) is 14.3. The monoisotopic (exact) mass is 452 g/mol. The zero-order valence-electron chi connectivity index (χ0n) is 19.4. The first-order valence-corrected chi connectivity index (χ1v) is 11.8. The molecule has 172 valence electrons. The number of aromatic nitrogens is 3. The zero-order valence-corrected chi connectivity index (χ0v) is 19.4. The number of anilines is 1. The summed E-state index contributed by atoms with van der Waals surface area (Å²) >= 11 is 0. The molecule has 34 heavy (non-hydrogen) atoms. The molecular weight excluding hydrogens is 424 g/mol. The number of piperazine rings is 1. The van der Waals surface area contributed by atoms with Crippen LogP contribution in [0.1, 0.15) is 18.1 Å². The first kappa shape index (κ1) is 21.9. The SMILES string of the molecule is CCOc1ccc(-n2cc(C#N)c3ncnc(N4CCN(CCc5ccccc5)CC4)c32)cc1. The molecule has 4 aromatic rings. The molecule has 0 unspecified atom stereocenters. The summed E-state index contributed by atoms with van der Waals surface area (Å²) in [5, 5.41) is 9.73. The fourth-order valence-electron chi connectivity index (χ4n) is 4.54. The van der Waals surface area contributed by atoms with Gasteiger partial charge in [-0.25, -0.2) is 9.97 Å². The molecule has 0 N–H and O–H groups in total. The summed E-state index contributed by atoms with van der Waals surface area (Å²) in [6.45, 7) is 7.38. The highest BCUT2D eigenvalue weighted by atomic mass is 16.5. The fourth-order valence-corrected chi connectivity index (χ4v) is 4.54. The van der Waals surface area contributed by atoms with Gasteiger partial charge in [-0.05, 0) is 43.2 Å². The topological polar surface area (TPSA) is 70.2 Å². The van der Waals surface area contributed by atoms with E-state index >= 15 is 0 Å². The summed E-state index contributed by atoms with van der Waals surface area (Å²) in [5.74, 6) is 1.70. The van der Waals surface area contributed by atoms with E-state index in [4.69, 9.17) is 4.74 Å². The van der Waals surface area contributed by atoms with E-state index < -0.39 is 0 Å². The Hall–Kier alpha value is -3.89. The summed E-state index contributed by atoms with van der Waals surface area (Å²) in [7, 11) is 0. The van der Waals surface area contributed by atoms with E-state index in [1.165, 1.54) is 5.56 Å². The number of hydrogen-bond acceptors (Lipinski definition) is 6. The summed E-state index contributed by atoms with van der Waals surface area (Å²) in [6, 6.07) is 20.8. The summed E-state index contributed by atoms with van der Waals surface area (Å²) in [4.78, 5) is 14.0. The predicted octanol–water partition coefficient (Wildman–Crippen LogP) is 4.06. The Morgan fingerprint density at radius 3 is 2.44 bits per heavy atom. The molecule has 1 fully saturated rings. The molecule has 0 amide bonds. The first-order valence-electron chi connectivity index (χ1n) is 11.8. The van der Waals surface area contributed by atoms with Crippen molar-refractivity contribution in [3.63, 3.8) is 0 Å². The zero-order chi connectivity index (χ0) is 23.3. The molecule has 7 heteroatoms. The van der Waals surface area contributed by atoms with Crippen LogP contribution in [0.15, 0.2) is 67.1 Å². The average molecular weight is 453 g/mol. The Labute approximate surface area is 199 Å². The third kappa shape index (κ3) is 4.45. The van der Waals surface area contributed by atoms with E-state index in [1.807, 2.05) is 42.0 Å². The standard InChI is InChI=1S/C27H28N6O/c1-2-34-24-10-8-23(9-11-24)33-19-22(18-28)25-26(33)27(30-20-29-25)32-16-14-31(15-17-32)13-12-21-6-4-3-5-7-21/h3-11,19-20H,2,12-17H2,1H3. The van der Waals surface area contributed by atoms with Crippen molar-refractivity contribution in [3.05, 3.63) is 78.2 Å². The first-order chi connectivity index (χ1) is 16.8. The molecule has 1 aliphatic rings. The average Bonchev–Trinajstić information content (AvgIpc) is 3.28. The van der Waals surface area contributed by atoms with Crippen molar-refractivity contribution in [2.75, 3.05) is 44.2 Å². The van der Waals surface area contributed by atoms with Crippen molar-refractivity contribution in [1.82, 2.24) is 19.4 Å². The summed E-state index contributed by atoms with van der Waals surface area (Å²) in [5.41, 5.74) is 4.44. The van der Waals surface area contributed by atoms with Gasteiger partial charge in [0.05, 0.1) is 12.2 Å². The Morgan fingerprint density at radius 2 is 1.74 bits per heavy atom. The van der Waals surface area contributed by atoms with Crippen LogP contribution in [0.25, 0.3) is 16.7 Å². The van der Waals surface area contributed by atoms with Crippen LogP contribution >= 0.6 is 0 Å². The van der Waals surface area contributed by atoms with Crippen molar-refractivity contribution in [2.45, 2.75) is 13.3 Å². The molecule has 5 rings (SSSR count). The lowest BCUT2D eigenvalue weighted by molar-refractivity contribution is 0.260. The molecular formula is C27H28N6O. The highest BCUT2D eigenvalue weighted by molar-refractivity contribution is 5.92. The molecule has 7 nitrogen and oxygen atoms in total. The molecule has 0 spiro atoms. The minimum Gasteiger partial charge on any atom is -0.494 e. The third-order valence-electron chi connectivity index (χ3n) is 6.33. The van der Waals surface area contributed by atoms with Crippen molar-refractivity contribution < 1.29 is 4.74 Å². The summed E-state index contributed by atoms with van der Waals surface area (Å²) in [6.07, 6.45) is 4.49. The van der Waals surface area contributed by atoms with Gasteiger partial charge < -0.3 is 14.2 Å². The van der Waals surface area contributed by atoms with Gasteiger partial charge in [0.15, 0.2) is 5.82 Å². The van der Waals surface area contributed by atoms with Crippen LogP contribution in [0, 0.1) is 11.3 Å². The van der Waals surface area contributed by atoms with Gasteiger partial charge in [-0.15, -0.1) is 0 Å². The van der Waals surface area contributed by atoms with E-state index in [-0.39, 0.29) is 0 Å². The van der Waals surface area contributed by atoms with Crippen molar-refractivity contribution in [1.29, 1.82) is 5.26 Å². The lowest BCUT2D eigenvalue weighted by Crippen LogP contribution is -2.47. The van der Waals surface area contributed by atoms with Crippen LogP contribution in [0.2, 0.25) is 0 Å². The second kappa shape index (κ2) is 9.94. The number of hydrogen-bond donors (Lipinski definition) is 0. The maximum atomic E-state index is 9.73. The molecule has 1 aliphatic heterocycles. The molecule has 0 atom stereocenters. The number of nitriles is 1. The van der Waals surface area contributed by atoms with Crippen LogP contribution in [-0.2, 0) is 6.42 Å². The lowest BCUT2D eigenvalue weighted by atomic mass is 10.1. The number of rotatable bonds is 7. The highest BCUT2D eigenvalue weighted by Gasteiger charge is 2.23. The highest BCUT2D eigenvalue weighted by Crippen LogP contribution is 2.31. The molecule has 2 aromatic carbocycles. The van der Waals surface area contributed by atoms with Gasteiger partial charge in [-0.3, -0.25) is 4.90 Å². The van der Waals surface area contributed by atoms with Crippen LogP contribution in [-0.4, -0.2) is 58.8 Å². The van der Waals surface area contributed by atoms with Crippen LogP contribution in [0.5, 0.6) is 5.75 Å². The van der Waals surface area contributed by atoms with Crippen molar-refractivity contribution in [2.24, 2.45) is 0 Å².